The van der Waals surface area contributed by atoms with Crippen molar-refractivity contribution < 1.29 is 13.9 Å². The fourth-order valence-electron chi connectivity index (χ4n) is 2.76. The van der Waals surface area contributed by atoms with E-state index in [2.05, 4.69) is 16.5 Å². The number of fused-ring (bicyclic) bond motifs is 1. The van der Waals surface area contributed by atoms with Crippen molar-refractivity contribution in [2.24, 2.45) is 0 Å². The predicted molar refractivity (Wildman–Crippen MR) is 92.7 cm³/mol. The molecule has 2 heterocycles. The lowest BCUT2D eigenvalue weighted by Crippen LogP contribution is -2.16. The number of anilines is 1. The zero-order chi connectivity index (χ0) is 18.0. The maximum absolute atomic E-state index is 12.8. The summed E-state index contributed by atoms with van der Waals surface area (Å²) in [7, 11) is 1.57. The molecule has 0 atom stereocenters. The van der Waals surface area contributed by atoms with Gasteiger partial charge in [-0.15, -0.1) is 0 Å². The zero-order valence-electron chi connectivity index (χ0n) is 14.3. The van der Waals surface area contributed by atoms with Crippen LogP contribution >= 0.6 is 0 Å². The first-order valence-corrected chi connectivity index (χ1v) is 7.83. The van der Waals surface area contributed by atoms with Gasteiger partial charge in [-0.3, -0.25) is 4.79 Å². The number of furan rings is 1. The second-order valence-electron chi connectivity index (χ2n) is 5.65. The first kappa shape index (κ1) is 16.6. The molecule has 0 unspecified atom stereocenters. The molecular formula is C18H18N4O3. The Balaban J connectivity index is 1.96. The fraction of sp³-hybridized carbons (Fsp3) is 0.278. The number of rotatable bonds is 5. The average molecular weight is 338 g/mol. The minimum atomic E-state index is -0.289. The largest absolute Gasteiger partial charge is 0.497 e. The molecule has 1 amide bonds. The molecule has 0 aliphatic rings. The van der Waals surface area contributed by atoms with Crippen LogP contribution < -0.4 is 10.1 Å². The maximum atomic E-state index is 12.8. The number of hydrogen-bond acceptors (Lipinski definition) is 5. The lowest BCUT2D eigenvalue weighted by molar-refractivity contribution is 0.102. The van der Waals surface area contributed by atoms with Crippen LogP contribution in [0.1, 0.15) is 28.2 Å². The monoisotopic (exact) mass is 338 g/mol. The molecule has 1 N–H and O–H groups in total. The van der Waals surface area contributed by atoms with Gasteiger partial charge in [-0.1, -0.05) is 0 Å². The van der Waals surface area contributed by atoms with Crippen LogP contribution in [-0.4, -0.2) is 22.8 Å². The van der Waals surface area contributed by atoms with E-state index < -0.39 is 0 Å². The third-order valence-electron chi connectivity index (χ3n) is 3.88. The Hall–Kier alpha value is -3.27. The molecule has 128 valence electrons. The minimum Gasteiger partial charge on any atom is -0.497 e. The van der Waals surface area contributed by atoms with E-state index in [0.29, 0.717) is 46.8 Å². The first-order valence-electron chi connectivity index (χ1n) is 7.83. The Bertz CT molecular complexity index is 978. The van der Waals surface area contributed by atoms with Crippen LogP contribution in [-0.2, 0) is 6.54 Å². The molecule has 0 radical (unpaired) electrons. The predicted octanol–water partition coefficient (Wildman–Crippen LogP) is 3.42. The van der Waals surface area contributed by atoms with E-state index in [4.69, 9.17) is 14.4 Å². The average Bonchev–Trinajstić information content (AvgIpc) is 3.10. The van der Waals surface area contributed by atoms with Crippen molar-refractivity contribution in [3.8, 4) is 11.8 Å². The highest BCUT2D eigenvalue weighted by Gasteiger charge is 2.20. The SMILES string of the molecule is COc1ccc2oc(C)c(C(=O)Nc3cc(C)nn3CCC#N)c2c1. The Kier molecular flexibility index (Phi) is 4.44. The van der Waals surface area contributed by atoms with Gasteiger partial charge in [0.25, 0.3) is 5.91 Å². The van der Waals surface area contributed by atoms with Gasteiger partial charge in [-0.05, 0) is 32.0 Å². The third kappa shape index (κ3) is 3.19. The molecule has 3 aromatic rings. The van der Waals surface area contributed by atoms with Gasteiger partial charge in [-0.2, -0.15) is 10.4 Å². The van der Waals surface area contributed by atoms with E-state index in [1.54, 1.807) is 43.0 Å². The van der Waals surface area contributed by atoms with Gasteiger partial charge >= 0.3 is 0 Å². The van der Waals surface area contributed by atoms with Crippen molar-refractivity contribution in [3.05, 3.63) is 41.3 Å². The minimum absolute atomic E-state index is 0.289. The van der Waals surface area contributed by atoms with E-state index in [1.165, 1.54) is 0 Å². The number of aryl methyl sites for hydroxylation is 3. The maximum Gasteiger partial charge on any atom is 0.260 e. The summed E-state index contributed by atoms with van der Waals surface area (Å²) in [5.41, 5.74) is 1.85. The smallest absolute Gasteiger partial charge is 0.260 e. The van der Waals surface area contributed by atoms with Gasteiger partial charge in [0.2, 0.25) is 0 Å². The van der Waals surface area contributed by atoms with Gasteiger partial charge in [0.15, 0.2) is 0 Å². The standard InChI is InChI=1S/C18H18N4O3/c1-11-9-16(22(21-11)8-4-7-19)20-18(23)17-12(2)25-15-6-5-13(24-3)10-14(15)17/h5-6,9-10H,4,8H2,1-3H3,(H,20,23). The number of carbonyl (C=O) groups is 1. The number of nitriles is 1. The molecular weight excluding hydrogens is 320 g/mol. The highest BCUT2D eigenvalue weighted by molar-refractivity contribution is 6.13. The second-order valence-corrected chi connectivity index (χ2v) is 5.65. The van der Waals surface area contributed by atoms with Gasteiger partial charge < -0.3 is 14.5 Å². The summed E-state index contributed by atoms with van der Waals surface area (Å²) in [6, 6.07) is 9.19. The van der Waals surface area contributed by atoms with Gasteiger partial charge in [0.1, 0.15) is 22.9 Å². The molecule has 25 heavy (non-hydrogen) atoms. The normalized spacial score (nSPS) is 10.6. The lowest BCUT2D eigenvalue weighted by atomic mass is 10.1. The lowest BCUT2D eigenvalue weighted by Gasteiger charge is -2.07. The quantitative estimate of drug-likeness (QED) is 0.769. The van der Waals surface area contributed by atoms with Crippen LogP contribution in [0.5, 0.6) is 5.75 Å². The Morgan fingerprint density at radius 3 is 2.92 bits per heavy atom. The number of benzene rings is 1. The summed E-state index contributed by atoms with van der Waals surface area (Å²) in [6.07, 6.45) is 0.314. The van der Waals surface area contributed by atoms with Crippen molar-refractivity contribution >= 4 is 22.7 Å². The van der Waals surface area contributed by atoms with Crippen LogP contribution in [0.2, 0.25) is 0 Å². The van der Waals surface area contributed by atoms with Crippen molar-refractivity contribution in [3.63, 3.8) is 0 Å². The number of amides is 1. The van der Waals surface area contributed by atoms with Crippen LogP contribution in [0.15, 0.2) is 28.7 Å². The number of aromatic nitrogens is 2. The number of carbonyl (C=O) groups excluding carboxylic acids is 1. The molecule has 0 spiro atoms. The van der Waals surface area contributed by atoms with Crippen LogP contribution in [0.3, 0.4) is 0 Å². The highest BCUT2D eigenvalue weighted by Crippen LogP contribution is 2.29. The molecule has 2 aromatic heterocycles. The van der Waals surface area contributed by atoms with Crippen molar-refractivity contribution in [1.82, 2.24) is 9.78 Å². The summed E-state index contributed by atoms with van der Waals surface area (Å²) in [4.78, 5) is 12.8. The molecule has 0 saturated carbocycles. The first-order chi connectivity index (χ1) is 12.0. The molecule has 0 saturated heterocycles. The van der Waals surface area contributed by atoms with E-state index in [0.717, 1.165) is 5.69 Å². The molecule has 0 aliphatic carbocycles. The summed E-state index contributed by atoms with van der Waals surface area (Å²) in [6.45, 7) is 4.00. The molecule has 7 heteroatoms. The van der Waals surface area contributed by atoms with Crippen LogP contribution in [0.25, 0.3) is 11.0 Å². The topological polar surface area (TPSA) is 93.1 Å². The fourth-order valence-corrected chi connectivity index (χ4v) is 2.76. The molecule has 7 nitrogen and oxygen atoms in total. The number of hydrogen-bond donors (Lipinski definition) is 1. The Morgan fingerprint density at radius 1 is 1.40 bits per heavy atom. The van der Waals surface area contributed by atoms with Gasteiger partial charge in [0, 0.05) is 11.5 Å². The van der Waals surface area contributed by atoms with Crippen LogP contribution in [0.4, 0.5) is 5.82 Å². The third-order valence-corrected chi connectivity index (χ3v) is 3.88. The Labute approximate surface area is 144 Å². The summed E-state index contributed by atoms with van der Waals surface area (Å²) in [5, 5.41) is 16.6. The van der Waals surface area contributed by atoms with Crippen LogP contribution in [0, 0.1) is 25.2 Å². The molecule has 3 rings (SSSR count). The molecule has 0 bridgehead atoms. The molecule has 0 aliphatic heterocycles. The Morgan fingerprint density at radius 2 is 2.20 bits per heavy atom. The number of methoxy groups -OCH3 is 1. The number of nitrogens with one attached hydrogen (secondary N) is 1. The van der Waals surface area contributed by atoms with Gasteiger partial charge in [-0.25, -0.2) is 4.68 Å². The second kappa shape index (κ2) is 6.69. The number of ether oxygens (including phenoxy) is 1. The summed E-state index contributed by atoms with van der Waals surface area (Å²) >= 11 is 0. The van der Waals surface area contributed by atoms with Crippen molar-refractivity contribution in [2.75, 3.05) is 12.4 Å². The number of nitrogens with zero attached hydrogens (tertiary/aromatic N) is 3. The van der Waals surface area contributed by atoms with E-state index in [1.807, 2.05) is 6.92 Å². The van der Waals surface area contributed by atoms with E-state index in [-0.39, 0.29) is 5.91 Å². The highest BCUT2D eigenvalue weighted by atomic mass is 16.5. The summed E-state index contributed by atoms with van der Waals surface area (Å²) in [5.74, 6) is 1.44. The van der Waals surface area contributed by atoms with E-state index >= 15 is 0 Å². The zero-order valence-corrected chi connectivity index (χ0v) is 14.3. The van der Waals surface area contributed by atoms with E-state index in [9.17, 15) is 4.79 Å². The molecule has 1 aromatic carbocycles. The van der Waals surface area contributed by atoms with Gasteiger partial charge in [0.05, 0.1) is 37.4 Å². The van der Waals surface area contributed by atoms with Crippen molar-refractivity contribution in [1.29, 1.82) is 5.26 Å². The summed E-state index contributed by atoms with van der Waals surface area (Å²) < 4.78 is 12.5. The molecule has 0 fully saturated rings. The van der Waals surface area contributed by atoms with Crippen molar-refractivity contribution in [2.45, 2.75) is 26.8 Å².